The van der Waals surface area contributed by atoms with Gasteiger partial charge in [0.15, 0.2) is 6.61 Å². The van der Waals surface area contributed by atoms with Gasteiger partial charge in [0.05, 0.1) is 11.1 Å². The lowest BCUT2D eigenvalue weighted by Gasteiger charge is -2.24. The lowest BCUT2D eigenvalue weighted by molar-refractivity contribution is -0.123. The molecule has 1 heterocycles. The Hall–Kier alpha value is -2.21. The summed E-state index contributed by atoms with van der Waals surface area (Å²) < 4.78 is 7.61. The highest BCUT2D eigenvalue weighted by molar-refractivity contribution is 6.35. The first-order valence-corrected chi connectivity index (χ1v) is 9.67. The van der Waals surface area contributed by atoms with Gasteiger partial charge < -0.3 is 19.5 Å². The first-order valence-electron chi connectivity index (χ1n) is 8.91. The third-order valence-corrected chi connectivity index (χ3v) is 5.19. The highest BCUT2D eigenvalue weighted by Gasteiger charge is 2.20. The molecule has 1 N–H and O–H groups in total. The van der Waals surface area contributed by atoms with Crippen molar-refractivity contribution in [3.63, 3.8) is 0 Å². The van der Waals surface area contributed by atoms with Crippen molar-refractivity contribution in [2.24, 2.45) is 7.05 Å². The summed E-state index contributed by atoms with van der Waals surface area (Å²) in [4.78, 5) is 14.4. The lowest BCUT2D eigenvalue weighted by Crippen LogP contribution is -2.36. The van der Waals surface area contributed by atoms with Crippen LogP contribution in [-0.2, 0) is 11.8 Å². The minimum Gasteiger partial charge on any atom is -0.482 e. The molecule has 0 aliphatic heterocycles. The Morgan fingerprint density at radius 1 is 1.21 bits per heavy atom. The van der Waals surface area contributed by atoms with Crippen LogP contribution in [0.4, 0.5) is 0 Å². The van der Waals surface area contributed by atoms with Crippen molar-refractivity contribution in [3.05, 3.63) is 64.3 Å². The van der Waals surface area contributed by atoms with Gasteiger partial charge in [-0.15, -0.1) is 0 Å². The number of ether oxygens (including phenoxy) is 1. The smallest absolute Gasteiger partial charge is 0.258 e. The van der Waals surface area contributed by atoms with Crippen LogP contribution in [0.3, 0.4) is 0 Å². The zero-order valence-electron chi connectivity index (χ0n) is 16.1. The van der Waals surface area contributed by atoms with E-state index in [1.807, 2.05) is 33.3 Å². The van der Waals surface area contributed by atoms with E-state index in [2.05, 4.69) is 33.1 Å². The molecule has 0 radical (unpaired) electrons. The zero-order chi connectivity index (χ0) is 20.3. The molecule has 0 unspecified atom stereocenters. The summed E-state index contributed by atoms with van der Waals surface area (Å²) in [6, 6.07) is 13.2. The average molecular weight is 420 g/mol. The van der Waals surface area contributed by atoms with E-state index in [-0.39, 0.29) is 18.6 Å². The average Bonchev–Trinajstić information content (AvgIpc) is 2.98. The fourth-order valence-electron chi connectivity index (χ4n) is 3.21. The molecule has 7 heteroatoms. The predicted molar refractivity (Wildman–Crippen MR) is 114 cm³/mol. The van der Waals surface area contributed by atoms with Crippen molar-refractivity contribution < 1.29 is 9.53 Å². The number of hydrogen-bond donors (Lipinski definition) is 1. The van der Waals surface area contributed by atoms with E-state index < -0.39 is 0 Å². The minimum atomic E-state index is -0.210. The predicted octanol–water partition coefficient (Wildman–Crippen LogP) is 4.28. The second-order valence-electron chi connectivity index (χ2n) is 6.86. The molecule has 0 spiro atoms. The van der Waals surface area contributed by atoms with Crippen LogP contribution >= 0.6 is 23.2 Å². The van der Waals surface area contributed by atoms with Gasteiger partial charge in [0.1, 0.15) is 5.75 Å². The monoisotopic (exact) mass is 419 g/mol. The highest BCUT2D eigenvalue weighted by Crippen LogP contribution is 2.29. The number of aryl methyl sites for hydroxylation is 1. The Bertz CT molecular complexity index is 985. The molecule has 0 saturated carbocycles. The van der Waals surface area contributed by atoms with Gasteiger partial charge in [0, 0.05) is 35.7 Å². The molecule has 0 aliphatic carbocycles. The zero-order valence-corrected chi connectivity index (χ0v) is 17.6. The van der Waals surface area contributed by atoms with Crippen LogP contribution in [0.5, 0.6) is 5.75 Å². The Labute approximate surface area is 174 Å². The molecule has 148 valence electrons. The molecule has 3 rings (SSSR count). The Kier molecular flexibility index (Phi) is 6.50. The van der Waals surface area contributed by atoms with Gasteiger partial charge in [-0.3, -0.25) is 4.79 Å². The normalized spacial score (nSPS) is 12.4. The number of fused-ring (bicyclic) bond motifs is 1. The van der Waals surface area contributed by atoms with E-state index in [0.29, 0.717) is 22.3 Å². The topological polar surface area (TPSA) is 46.5 Å². The number of amides is 1. The minimum absolute atomic E-state index is 0.0363. The van der Waals surface area contributed by atoms with Gasteiger partial charge in [-0.2, -0.15) is 0 Å². The number of carbonyl (C=O) groups is 1. The van der Waals surface area contributed by atoms with Crippen LogP contribution in [0.1, 0.15) is 11.6 Å². The van der Waals surface area contributed by atoms with E-state index in [1.165, 1.54) is 10.9 Å². The van der Waals surface area contributed by atoms with Crippen molar-refractivity contribution >= 4 is 40.0 Å². The number of halogens is 2. The molecule has 1 amide bonds. The van der Waals surface area contributed by atoms with E-state index >= 15 is 0 Å². The summed E-state index contributed by atoms with van der Waals surface area (Å²) in [7, 11) is 6.03. The fraction of sp³-hybridized carbons (Fsp3) is 0.286. The molecule has 0 aliphatic rings. The van der Waals surface area contributed by atoms with E-state index in [4.69, 9.17) is 27.9 Å². The Balaban J connectivity index is 1.65. The second-order valence-corrected chi connectivity index (χ2v) is 7.70. The van der Waals surface area contributed by atoms with Gasteiger partial charge in [-0.1, -0.05) is 41.4 Å². The van der Waals surface area contributed by atoms with Crippen LogP contribution in [-0.4, -0.2) is 42.6 Å². The van der Waals surface area contributed by atoms with E-state index in [0.717, 1.165) is 5.52 Å². The first-order chi connectivity index (χ1) is 13.4. The standard InChI is InChI=1S/C21H23Cl2N3O2/c1-25(2)19(16-12-26(3)18-7-5-4-6-15(16)18)11-24-21(27)13-28-20-9-8-14(22)10-17(20)23/h4-10,12,19H,11,13H2,1-3H3,(H,24,27)/t19-/m0/s1. The van der Waals surface area contributed by atoms with Crippen molar-refractivity contribution in [1.82, 2.24) is 14.8 Å². The third-order valence-electron chi connectivity index (χ3n) is 4.66. The molecule has 1 atom stereocenters. The summed E-state index contributed by atoms with van der Waals surface area (Å²) >= 11 is 11.9. The summed E-state index contributed by atoms with van der Waals surface area (Å²) in [5, 5.41) is 5.03. The van der Waals surface area contributed by atoms with Gasteiger partial charge in [-0.25, -0.2) is 0 Å². The third kappa shape index (κ3) is 4.61. The second kappa shape index (κ2) is 8.86. The molecule has 28 heavy (non-hydrogen) atoms. The summed E-state index contributed by atoms with van der Waals surface area (Å²) in [6.45, 7) is 0.356. The molecular weight excluding hydrogens is 397 g/mol. The van der Waals surface area contributed by atoms with E-state index in [9.17, 15) is 4.79 Å². The Morgan fingerprint density at radius 3 is 2.68 bits per heavy atom. The van der Waals surface area contributed by atoms with Crippen molar-refractivity contribution in [2.75, 3.05) is 27.2 Å². The van der Waals surface area contributed by atoms with Crippen molar-refractivity contribution in [1.29, 1.82) is 0 Å². The quantitative estimate of drug-likeness (QED) is 0.621. The fourth-order valence-corrected chi connectivity index (χ4v) is 3.67. The number of benzene rings is 2. The van der Waals surface area contributed by atoms with Crippen molar-refractivity contribution in [2.45, 2.75) is 6.04 Å². The number of rotatable bonds is 7. The maximum absolute atomic E-state index is 12.3. The lowest BCUT2D eigenvalue weighted by atomic mass is 10.0. The van der Waals surface area contributed by atoms with Crippen LogP contribution in [0.25, 0.3) is 10.9 Å². The Morgan fingerprint density at radius 2 is 1.96 bits per heavy atom. The number of hydrogen-bond acceptors (Lipinski definition) is 3. The van der Waals surface area contributed by atoms with Crippen molar-refractivity contribution in [3.8, 4) is 5.75 Å². The maximum atomic E-state index is 12.3. The van der Waals surface area contributed by atoms with Gasteiger partial charge in [0.2, 0.25) is 0 Å². The summed E-state index contributed by atoms with van der Waals surface area (Å²) in [5.74, 6) is 0.220. The molecule has 0 fully saturated rings. The largest absolute Gasteiger partial charge is 0.482 e. The number of carbonyl (C=O) groups excluding carboxylic acids is 1. The van der Waals surface area contributed by atoms with Crippen LogP contribution in [0.2, 0.25) is 10.0 Å². The molecule has 2 aromatic carbocycles. The van der Waals surface area contributed by atoms with Crippen LogP contribution in [0.15, 0.2) is 48.7 Å². The molecule has 5 nitrogen and oxygen atoms in total. The molecule has 1 aromatic heterocycles. The number of nitrogens with zero attached hydrogens (tertiary/aromatic N) is 2. The number of para-hydroxylation sites is 1. The van der Waals surface area contributed by atoms with E-state index in [1.54, 1.807) is 18.2 Å². The van der Waals surface area contributed by atoms with Gasteiger partial charge >= 0.3 is 0 Å². The summed E-state index contributed by atoms with van der Waals surface area (Å²) in [5.41, 5.74) is 2.33. The molecule has 3 aromatic rings. The first kappa shape index (κ1) is 20.5. The number of aromatic nitrogens is 1. The SMILES string of the molecule is CN(C)[C@@H](CNC(=O)COc1ccc(Cl)cc1Cl)c1cn(C)c2ccccc12. The maximum Gasteiger partial charge on any atom is 0.258 e. The molecule has 0 saturated heterocycles. The molecule has 0 bridgehead atoms. The summed E-state index contributed by atoms with van der Waals surface area (Å²) in [6.07, 6.45) is 2.12. The van der Waals surface area contributed by atoms with Crippen LogP contribution < -0.4 is 10.1 Å². The molecular formula is C21H23Cl2N3O2. The van der Waals surface area contributed by atoms with Crippen LogP contribution in [0, 0.1) is 0 Å². The van der Waals surface area contributed by atoms with Gasteiger partial charge in [0.25, 0.3) is 5.91 Å². The highest BCUT2D eigenvalue weighted by atomic mass is 35.5. The number of nitrogens with one attached hydrogen (secondary N) is 1. The number of likely N-dealkylation sites (N-methyl/N-ethyl adjacent to an activating group) is 1. The van der Waals surface area contributed by atoms with Gasteiger partial charge in [-0.05, 0) is 43.9 Å².